The number of hydrogen-bond donors (Lipinski definition) is 3. The number of imidazole rings is 1. The summed E-state index contributed by atoms with van der Waals surface area (Å²) < 4.78 is 33.8. The summed E-state index contributed by atoms with van der Waals surface area (Å²) >= 11 is 1.14. The number of carbonyl (C=O) groups is 1. The molecule has 0 aliphatic carbocycles. The summed E-state index contributed by atoms with van der Waals surface area (Å²) in [6.07, 6.45) is 6.31. The minimum absolute atomic E-state index is 0.0808. The van der Waals surface area contributed by atoms with Crippen LogP contribution < -0.4 is 10.2 Å². The van der Waals surface area contributed by atoms with Crippen molar-refractivity contribution in [3.63, 3.8) is 0 Å². The van der Waals surface area contributed by atoms with Crippen LogP contribution in [0.5, 0.6) is 5.75 Å². The number of aryl methyl sites for hydroxylation is 1. The monoisotopic (exact) mass is 457 g/mol. The standard InChI is InChI=1S/C19H27N3O6S2/c1-4-5-12-28-14-6-8-15(9-7-14)30(26,27)16(13-29-3)19(24,18(23)21-25)17-20-10-11-22(17)2/h6-11,16,24-25H,4-5,12-13H2,1-3H3,(H,21,23). The fraction of sp³-hybridized carbons (Fsp3) is 0.474. The number of rotatable bonds is 11. The summed E-state index contributed by atoms with van der Waals surface area (Å²) in [7, 11) is -2.70. The van der Waals surface area contributed by atoms with Crippen molar-refractivity contribution >= 4 is 27.5 Å². The Hall–Kier alpha value is -2.08. The smallest absolute Gasteiger partial charge is 0.284 e. The van der Waals surface area contributed by atoms with Gasteiger partial charge in [0, 0.05) is 25.2 Å². The lowest BCUT2D eigenvalue weighted by atomic mass is 9.98. The number of unbranched alkanes of at least 4 members (excludes halogenated alkanes) is 1. The van der Waals surface area contributed by atoms with Gasteiger partial charge in [-0.1, -0.05) is 13.3 Å². The van der Waals surface area contributed by atoms with Gasteiger partial charge in [-0.3, -0.25) is 10.0 Å². The van der Waals surface area contributed by atoms with Crippen molar-refractivity contribution in [3.05, 3.63) is 42.5 Å². The number of carbonyl (C=O) groups excluding carboxylic acids is 1. The molecule has 1 amide bonds. The quantitative estimate of drug-likeness (QED) is 0.263. The third-order valence-corrected chi connectivity index (χ3v) is 7.75. The molecule has 3 N–H and O–H groups in total. The number of thioether (sulfide) groups is 1. The Balaban J connectivity index is 2.50. The number of nitrogens with zero attached hydrogens (tertiary/aromatic N) is 2. The molecule has 166 valence electrons. The first-order valence-electron chi connectivity index (χ1n) is 9.33. The molecule has 2 rings (SSSR count). The number of sulfone groups is 1. The Labute approximate surface area is 180 Å². The highest BCUT2D eigenvalue weighted by molar-refractivity contribution is 8.00. The van der Waals surface area contributed by atoms with Gasteiger partial charge in [-0.2, -0.15) is 11.8 Å². The third kappa shape index (κ3) is 4.80. The maximum atomic E-state index is 13.5. The van der Waals surface area contributed by atoms with Gasteiger partial charge in [0.25, 0.3) is 5.91 Å². The van der Waals surface area contributed by atoms with E-state index in [1.165, 1.54) is 53.8 Å². The molecule has 1 aromatic carbocycles. The number of nitrogens with one attached hydrogen (secondary N) is 1. The summed E-state index contributed by atoms with van der Waals surface area (Å²) in [5.41, 5.74) is -1.23. The molecule has 11 heteroatoms. The van der Waals surface area contributed by atoms with E-state index in [4.69, 9.17) is 4.74 Å². The summed E-state index contributed by atoms with van der Waals surface area (Å²) in [4.78, 5) is 16.4. The second-order valence-electron chi connectivity index (χ2n) is 6.73. The van der Waals surface area contributed by atoms with Crippen molar-refractivity contribution in [1.82, 2.24) is 15.0 Å². The van der Waals surface area contributed by atoms with E-state index in [0.29, 0.717) is 12.4 Å². The molecule has 0 fully saturated rings. The van der Waals surface area contributed by atoms with Crippen molar-refractivity contribution < 1.29 is 28.3 Å². The highest BCUT2D eigenvalue weighted by atomic mass is 32.2. The van der Waals surface area contributed by atoms with Gasteiger partial charge in [0.15, 0.2) is 15.7 Å². The van der Waals surface area contributed by atoms with Crippen molar-refractivity contribution in [1.29, 1.82) is 0 Å². The first-order valence-corrected chi connectivity index (χ1v) is 12.3. The summed E-state index contributed by atoms with van der Waals surface area (Å²) in [5.74, 6) is -1.07. The highest BCUT2D eigenvalue weighted by Gasteiger charge is 2.54. The predicted octanol–water partition coefficient (Wildman–Crippen LogP) is 1.50. The van der Waals surface area contributed by atoms with E-state index in [0.717, 1.165) is 24.6 Å². The number of ether oxygens (including phenoxy) is 1. The summed E-state index contributed by atoms with van der Waals surface area (Å²) in [6, 6.07) is 5.81. The number of aromatic nitrogens is 2. The second-order valence-corrected chi connectivity index (χ2v) is 9.77. The van der Waals surface area contributed by atoms with Crippen molar-refractivity contribution in [2.75, 3.05) is 18.6 Å². The van der Waals surface area contributed by atoms with Crippen LogP contribution in [0, 0.1) is 0 Å². The number of aliphatic hydroxyl groups is 1. The van der Waals surface area contributed by atoms with Gasteiger partial charge in [-0.25, -0.2) is 18.9 Å². The van der Waals surface area contributed by atoms with Crippen LogP contribution in [0.2, 0.25) is 0 Å². The molecule has 0 spiro atoms. The molecular formula is C19H27N3O6S2. The van der Waals surface area contributed by atoms with Crippen molar-refractivity contribution in [3.8, 4) is 5.75 Å². The lowest BCUT2D eigenvalue weighted by molar-refractivity contribution is -0.150. The molecule has 0 saturated heterocycles. The Kier molecular flexibility index (Phi) is 8.30. The number of hydrogen-bond acceptors (Lipinski definition) is 8. The Bertz CT molecular complexity index is 945. The Morgan fingerprint density at radius 1 is 1.37 bits per heavy atom. The van der Waals surface area contributed by atoms with Crippen LogP contribution >= 0.6 is 11.8 Å². The Morgan fingerprint density at radius 3 is 2.53 bits per heavy atom. The molecule has 2 aromatic rings. The zero-order valence-corrected chi connectivity index (χ0v) is 18.7. The highest BCUT2D eigenvalue weighted by Crippen LogP contribution is 2.34. The number of benzene rings is 1. The van der Waals surface area contributed by atoms with Crippen LogP contribution in [0.15, 0.2) is 41.6 Å². The van der Waals surface area contributed by atoms with Crippen LogP contribution in [0.3, 0.4) is 0 Å². The van der Waals surface area contributed by atoms with Gasteiger partial charge in [0.1, 0.15) is 11.0 Å². The Morgan fingerprint density at radius 2 is 2.03 bits per heavy atom. The van der Waals surface area contributed by atoms with E-state index in [1.54, 1.807) is 6.26 Å². The lowest BCUT2D eigenvalue weighted by Crippen LogP contribution is -2.56. The van der Waals surface area contributed by atoms with E-state index in [1.807, 2.05) is 6.92 Å². The van der Waals surface area contributed by atoms with Crippen LogP contribution in [-0.2, 0) is 27.3 Å². The molecule has 1 aromatic heterocycles. The third-order valence-electron chi connectivity index (χ3n) is 4.69. The van der Waals surface area contributed by atoms with Crippen molar-refractivity contribution in [2.45, 2.75) is 35.5 Å². The van der Waals surface area contributed by atoms with Crippen LogP contribution in [0.25, 0.3) is 0 Å². The van der Waals surface area contributed by atoms with Gasteiger partial charge >= 0.3 is 0 Å². The van der Waals surface area contributed by atoms with E-state index in [2.05, 4.69) is 4.98 Å². The fourth-order valence-corrected chi connectivity index (χ4v) is 6.19. The van der Waals surface area contributed by atoms with Crippen LogP contribution in [0.1, 0.15) is 25.6 Å². The molecule has 0 saturated carbocycles. The van der Waals surface area contributed by atoms with Gasteiger partial charge in [0.05, 0.1) is 11.5 Å². The minimum Gasteiger partial charge on any atom is -0.494 e. The fourth-order valence-electron chi connectivity index (χ4n) is 3.02. The molecule has 0 aliphatic rings. The van der Waals surface area contributed by atoms with E-state index < -0.39 is 26.6 Å². The lowest BCUT2D eigenvalue weighted by Gasteiger charge is -2.32. The van der Waals surface area contributed by atoms with Gasteiger partial charge in [-0.05, 0) is 36.9 Å². The van der Waals surface area contributed by atoms with E-state index >= 15 is 0 Å². The van der Waals surface area contributed by atoms with Gasteiger partial charge in [0.2, 0.25) is 5.60 Å². The second kappa shape index (κ2) is 10.3. The predicted molar refractivity (Wildman–Crippen MR) is 113 cm³/mol. The van der Waals surface area contributed by atoms with Crippen molar-refractivity contribution in [2.24, 2.45) is 7.05 Å². The zero-order chi connectivity index (χ0) is 22.4. The molecule has 1 heterocycles. The SMILES string of the molecule is CCCCOc1ccc(S(=O)(=O)C(CSC)C(O)(C(=O)NO)c2nccn2C)cc1. The summed E-state index contributed by atoms with van der Waals surface area (Å²) in [5, 5.41) is 19.0. The first kappa shape index (κ1) is 24.2. The first-order chi connectivity index (χ1) is 14.2. The maximum Gasteiger partial charge on any atom is 0.284 e. The molecule has 9 nitrogen and oxygen atoms in total. The number of hydroxylamine groups is 1. The zero-order valence-electron chi connectivity index (χ0n) is 17.1. The topological polar surface area (TPSA) is 131 Å². The maximum absolute atomic E-state index is 13.5. The van der Waals surface area contributed by atoms with Crippen LogP contribution in [0.4, 0.5) is 0 Å². The van der Waals surface area contributed by atoms with E-state index in [-0.39, 0.29) is 16.5 Å². The van der Waals surface area contributed by atoms with E-state index in [9.17, 15) is 23.5 Å². The molecule has 0 bridgehead atoms. The molecule has 0 radical (unpaired) electrons. The average Bonchev–Trinajstić information content (AvgIpc) is 3.17. The normalized spacial score (nSPS) is 14.7. The number of amides is 1. The van der Waals surface area contributed by atoms with Gasteiger partial charge in [-0.15, -0.1) is 0 Å². The minimum atomic E-state index is -4.21. The molecule has 0 aliphatic heterocycles. The molecular weight excluding hydrogens is 430 g/mol. The average molecular weight is 458 g/mol. The van der Waals surface area contributed by atoms with Crippen LogP contribution in [-0.4, -0.2) is 58.1 Å². The molecule has 2 atom stereocenters. The largest absolute Gasteiger partial charge is 0.494 e. The molecule has 30 heavy (non-hydrogen) atoms. The molecule has 2 unspecified atom stereocenters. The van der Waals surface area contributed by atoms with Gasteiger partial charge < -0.3 is 14.4 Å². The summed E-state index contributed by atoms with van der Waals surface area (Å²) in [6.45, 7) is 2.56.